The molecule has 2 aromatic rings. The molecule has 0 aliphatic carbocycles. The Bertz CT molecular complexity index is 687. The van der Waals surface area contributed by atoms with Crippen LogP contribution in [0.15, 0.2) is 36.4 Å². The molecule has 122 valence electrons. The van der Waals surface area contributed by atoms with Crippen LogP contribution in [0.4, 0.5) is 4.79 Å². The van der Waals surface area contributed by atoms with Crippen LogP contribution in [0.1, 0.15) is 30.9 Å². The fourth-order valence-electron chi connectivity index (χ4n) is 2.95. The molecule has 0 bridgehead atoms. The largest absolute Gasteiger partial charge is 0.493 e. The van der Waals surface area contributed by atoms with E-state index in [1.165, 1.54) is 0 Å². The highest BCUT2D eigenvalue weighted by Gasteiger charge is 2.22. The van der Waals surface area contributed by atoms with Gasteiger partial charge in [-0.15, -0.1) is 0 Å². The molecule has 1 aliphatic heterocycles. The Morgan fingerprint density at radius 3 is 3.00 bits per heavy atom. The van der Waals surface area contributed by atoms with Crippen LogP contribution in [0.2, 0.25) is 0 Å². The SMILES string of the molecule is O=C(NCCCO)NC1CCCOc2c1ccc1ccccc21. The summed E-state index contributed by atoms with van der Waals surface area (Å²) in [6.07, 6.45) is 2.30. The fourth-order valence-corrected chi connectivity index (χ4v) is 2.95. The van der Waals surface area contributed by atoms with Crippen LogP contribution in [-0.4, -0.2) is 30.9 Å². The summed E-state index contributed by atoms with van der Waals surface area (Å²) in [5.74, 6) is 0.876. The number of ether oxygens (including phenoxy) is 1. The van der Waals surface area contributed by atoms with E-state index in [1.807, 2.05) is 18.2 Å². The second kappa shape index (κ2) is 7.33. The van der Waals surface area contributed by atoms with Crippen LogP contribution in [0.3, 0.4) is 0 Å². The van der Waals surface area contributed by atoms with Gasteiger partial charge in [0.1, 0.15) is 5.75 Å². The molecular weight excluding hydrogens is 292 g/mol. The molecule has 5 nitrogen and oxygen atoms in total. The van der Waals surface area contributed by atoms with Gasteiger partial charge in [-0.3, -0.25) is 0 Å². The maximum atomic E-state index is 12.0. The summed E-state index contributed by atoms with van der Waals surface area (Å²) in [5.41, 5.74) is 1.03. The normalized spacial score (nSPS) is 17.0. The van der Waals surface area contributed by atoms with E-state index in [2.05, 4.69) is 28.8 Å². The highest BCUT2D eigenvalue weighted by molar-refractivity contribution is 5.90. The zero-order chi connectivity index (χ0) is 16.1. The number of aliphatic hydroxyl groups is 1. The molecule has 0 saturated carbocycles. The molecule has 1 aliphatic rings. The third kappa shape index (κ3) is 3.56. The molecule has 0 saturated heterocycles. The molecular formula is C18H22N2O3. The van der Waals surface area contributed by atoms with Crippen molar-refractivity contribution in [1.29, 1.82) is 0 Å². The number of aliphatic hydroxyl groups excluding tert-OH is 1. The number of benzene rings is 2. The molecule has 1 heterocycles. The molecule has 5 heteroatoms. The first-order valence-electron chi connectivity index (χ1n) is 8.09. The summed E-state index contributed by atoms with van der Waals surface area (Å²) in [6.45, 7) is 1.20. The number of nitrogens with one attached hydrogen (secondary N) is 2. The Labute approximate surface area is 135 Å². The van der Waals surface area contributed by atoms with E-state index in [1.54, 1.807) is 0 Å². The van der Waals surface area contributed by atoms with Gasteiger partial charge in [-0.25, -0.2) is 4.79 Å². The van der Waals surface area contributed by atoms with E-state index in [9.17, 15) is 4.79 Å². The molecule has 0 spiro atoms. The molecule has 2 amide bonds. The summed E-state index contributed by atoms with van der Waals surface area (Å²) in [4.78, 5) is 12.0. The van der Waals surface area contributed by atoms with Gasteiger partial charge in [0.15, 0.2) is 0 Å². The van der Waals surface area contributed by atoms with Gasteiger partial charge >= 0.3 is 6.03 Å². The average molecular weight is 314 g/mol. The Hall–Kier alpha value is -2.27. The summed E-state index contributed by atoms with van der Waals surface area (Å²) in [7, 11) is 0. The van der Waals surface area contributed by atoms with Crippen LogP contribution in [0.5, 0.6) is 5.75 Å². The molecule has 3 rings (SSSR count). The minimum Gasteiger partial charge on any atom is -0.493 e. The number of rotatable bonds is 4. The van der Waals surface area contributed by atoms with E-state index < -0.39 is 0 Å². The van der Waals surface area contributed by atoms with Gasteiger partial charge in [0.25, 0.3) is 0 Å². The van der Waals surface area contributed by atoms with Crippen molar-refractivity contribution < 1.29 is 14.6 Å². The van der Waals surface area contributed by atoms with Gasteiger partial charge in [0.2, 0.25) is 0 Å². The van der Waals surface area contributed by atoms with Crippen molar-refractivity contribution >= 4 is 16.8 Å². The highest BCUT2D eigenvalue weighted by atomic mass is 16.5. The molecule has 0 fully saturated rings. The second-order valence-corrected chi connectivity index (χ2v) is 5.73. The van der Waals surface area contributed by atoms with Gasteiger partial charge < -0.3 is 20.5 Å². The zero-order valence-corrected chi connectivity index (χ0v) is 13.0. The predicted octanol–water partition coefficient (Wildman–Crippen LogP) is 2.74. The summed E-state index contributed by atoms with van der Waals surface area (Å²) >= 11 is 0. The Morgan fingerprint density at radius 1 is 1.26 bits per heavy atom. The Balaban J connectivity index is 1.83. The van der Waals surface area contributed by atoms with Crippen LogP contribution in [0.25, 0.3) is 10.8 Å². The van der Waals surface area contributed by atoms with Gasteiger partial charge in [-0.05, 0) is 24.6 Å². The lowest BCUT2D eigenvalue weighted by Crippen LogP contribution is -2.38. The van der Waals surface area contributed by atoms with Crippen molar-refractivity contribution in [2.45, 2.75) is 25.3 Å². The molecule has 23 heavy (non-hydrogen) atoms. The number of hydrogen-bond acceptors (Lipinski definition) is 3. The van der Waals surface area contributed by atoms with Gasteiger partial charge in [0.05, 0.1) is 12.6 Å². The Kier molecular flexibility index (Phi) is 4.98. The first kappa shape index (κ1) is 15.6. The minimum absolute atomic E-state index is 0.0637. The first-order valence-corrected chi connectivity index (χ1v) is 8.09. The van der Waals surface area contributed by atoms with E-state index in [-0.39, 0.29) is 18.7 Å². The minimum atomic E-state index is -0.204. The molecule has 2 aromatic carbocycles. The molecule has 0 aromatic heterocycles. The lowest BCUT2D eigenvalue weighted by atomic mass is 9.98. The number of hydrogen-bond donors (Lipinski definition) is 3. The van der Waals surface area contributed by atoms with Crippen molar-refractivity contribution in [2.24, 2.45) is 0 Å². The number of fused-ring (bicyclic) bond motifs is 3. The third-order valence-electron chi connectivity index (χ3n) is 4.09. The monoisotopic (exact) mass is 314 g/mol. The summed E-state index contributed by atoms with van der Waals surface area (Å²) < 4.78 is 5.97. The highest BCUT2D eigenvalue weighted by Crippen LogP contribution is 2.37. The standard InChI is InChI=1S/C18H22N2O3/c21-11-4-10-19-18(22)20-16-7-3-12-23-17-14-6-2-1-5-13(14)8-9-15(16)17/h1-2,5-6,8-9,16,21H,3-4,7,10-12H2,(H2,19,20,22). The fraction of sp³-hybridized carbons (Fsp3) is 0.389. The number of carbonyl (C=O) groups excluding carboxylic acids is 1. The Morgan fingerprint density at radius 2 is 2.13 bits per heavy atom. The van der Waals surface area contributed by atoms with Crippen molar-refractivity contribution in [1.82, 2.24) is 10.6 Å². The smallest absolute Gasteiger partial charge is 0.315 e. The van der Waals surface area contributed by atoms with Crippen molar-refractivity contribution in [3.8, 4) is 5.75 Å². The molecule has 1 atom stereocenters. The second-order valence-electron chi connectivity index (χ2n) is 5.73. The molecule has 3 N–H and O–H groups in total. The molecule has 0 radical (unpaired) electrons. The van der Waals surface area contributed by atoms with Gasteiger partial charge in [-0.2, -0.15) is 0 Å². The van der Waals surface area contributed by atoms with Crippen molar-refractivity contribution in [3.63, 3.8) is 0 Å². The maximum Gasteiger partial charge on any atom is 0.315 e. The third-order valence-corrected chi connectivity index (χ3v) is 4.09. The van der Waals surface area contributed by atoms with Crippen LogP contribution < -0.4 is 15.4 Å². The topological polar surface area (TPSA) is 70.6 Å². The summed E-state index contributed by atoms with van der Waals surface area (Å²) in [6, 6.07) is 12.0. The lowest BCUT2D eigenvalue weighted by molar-refractivity contribution is 0.233. The average Bonchev–Trinajstić information content (AvgIpc) is 2.78. The quantitative estimate of drug-likeness (QED) is 0.760. The number of urea groups is 1. The van der Waals surface area contributed by atoms with Gasteiger partial charge in [-0.1, -0.05) is 36.4 Å². The van der Waals surface area contributed by atoms with Crippen molar-refractivity contribution in [3.05, 3.63) is 42.0 Å². The molecule has 1 unspecified atom stereocenters. The first-order chi connectivity index (χ1) is 11.3. The number of amides is 2. The maximum absolute atomic E-state index is 12.0. The number of carbonyl (C=O) groups is 1. The van der Waals surface area contributed by atoms with Gasteiger partial charge in [0, 0.05) is 24.1 Å². The van der Waals surface area contributed by atoms with Crippen LogP contribution in [0, 0.1) is 0 Å². The van der Waals surface area contributed by atoms with E-state index >= 15 is 0 Å². The van der Waals surface area contributed by atoms with Crippen LogP contribution >= 0.6 is 0 Å². The summed E-state index contributed by atoms with van der Waals surface area (Å²) in [5, 5.41) is 16.8. The predicted molar refractivity (Wildman–Crippen MR) is 89.7 cm³/mol. The van der Waals surface area contributed by atoms with E-state index in [0.29, 0.717) is 19.6 Å². The van der Waals surface area contributed by atoms with E-state index in [0.717, 1.165) is 34.9 Å². The lowest BCUT2D eigenvalue weighted by Gasteiger charge is -2.20. The van der Waals surface area contributed by atoms with Crippen molar-refractivity contribution in [2.75, 3.05) is 19.8 Å². The zero-order valence-electron chi connectivity index (χ0n) is 13.0. The van der Waals surface area contributed by atoms with E-state index in [4.69, 9.17) is 9.84 Å². The van der Waals surface area contributed by atoms with Crippen LogP contribution in [-0.2, 0) is 0 Å².